The van der Waals surface area contributed by atoms with Crippen LogP contribution in [0.5, 0.6) is 0 Å². The number of nitrogens with one attached hydrogen (secondary N) is 1. The predicted octanol–water partition coefficient (Wildman–Crippen LogP) is 1.15. The molecule has 11 heteroatoms. The van der Waals surface area contributed by atoms with Gasteiger partial charge in [-0.3, -0.25) is 9.69 Å². The molecule has 0 bridgehead atoms. The number of carbonyl (C=O) groups is 3. The van der Waals surface area contributed by atoms with Crippen molar-refractivity contribution in [2.45, 2.75) is 31.7 Å². The molecule has 2 saturated heterocycles. The van der Waals surface area contributed by atoms with E-state index in [-0.39, 0.29) is 42.4 Å². The summed E-state index contributed by atoms with van der Waals surface area (Å²) in [6.45, 7) is 3.83. The van der Waals surface area contributed by atoms with E-state index < -0.39 is 0 Å². The smallest absolute Gasteiger partial charge is 0.324 e. The predicted molar refractivity (Wildman–Crippen MR) is 118 cm³/mol. The molecule has 2 fully saturated rings. The normalized spacial score (nSPS) is 18.2. The number of carbonyl (C=O) groups excluding carboxylic acids is 3. The van der Waals surface area contributed by atoms with E-state index in [0.29, 0.717) is 44.6 Å². The van der Waals surface area contributed by atoms with E-state index in [0.717, 1.165) is 5.69 Å². The first-order chi connectivity index (χ1) is 15.3. The fourth-order valence-corrected chi connectivity index (χ4v) is 4.16. The number of piperidine rings is 1. The number of hydrogen-bond acceptors (Lipinski definition) is 6. The molecule has 0 saturated carbocycles. The zero-order valence-electron chi connectivity index (χ0n) is 18.4. The third kappa shape index (κ3) is 4.71. The molecule has 1 spiro atoms. The minimum Gasteiger partial charge on any atom is -0.466 e. The average Bonchev–Trinajstić information content (AvgIpc) is 3.04. The molecule has 4 N–H and O–H groups in total. The maximum atomic E-state index is 13.0. The highest BCUT2D eigenvalue weighted by Gasteiger charge is 2.49. The third-order valence-corrected chi connectivity index (χ3v) is 6.16. The van der Waals surface area contributed by atoms with Gasteiger partial charge < -0.3 is 30.8 Å². The van der Waals surface area contributed by atoms with Crippen molar-refractivity contribution in [3.63, 3.8) is 0 Å². The summed E-state index contributed by atoms with van der Waals surface area (Å²) in [7, 11) is 1.79. The summed E-state index contributed by atoms with van der Waals surface area (Å²) >= 11 is 0. The van der Waals surface area contributed by atoms with Crippen LogP contribution in [-0.2, 0) is 9.53 Å². The summed E-state index contributed by atoms with van der Waals surface area (Å²) < 4.78 is 4.86. The van der Waals surface area contributed by atoms with Crippen LogP contribution in [0.3, 0.4) is 0 Å². The highest BCUT2D eigenvalue weighted by Crippen LogP contribution is 2.37. The standard InChI is InChI=1S/C21H30N6O5/c1-3-32-17(28)8-11-23-19(29)26-12-9-21(10-13-26)14-27(20(30)25(21)2)16-6-4-15(5-7-16)18(22)24-31/h4-7,31H,3,8-14H2,1-2H3,(H2,22,24)(H,23,29). The van der Waals surface area contributed by atoms with E-state index in [1.165, 1.54) is 0 Å². The molecule has 1 aromatic carbocycles. The maximum Gasteiger partial charge on any atom is 0.324 e. The van der Waals surface area contributed by atoms with Gasteiger partial charge in [0.25, 0.3) is 0 Å². The van der Waals surface area contributed by atoms with Gasteiger partial charge in [-0.2, -0.15) is 0 Å². The van der Waals surface area contributed by atoms with Gasteiger partial charge in [0.2, 0.25) is 0 Å². The fourth-order valence-electron chi connectivity index (χ4n) is 4.16. The van der Waals surface area contributed by atoms with Crippen LogP contribution in [0.25, 0.3) is 0 Å². The van der Waals surface area contributed by atoms with Crippen molar-refractivity contribution >= 4 is 29.6 Å². The molecule has 0 radical (unpaired) electrons. The number of urea groups is 2. The molecule has 174 valence electrons. The Balaban J connectivity index is 1.57. The Morgan fingerprint density at radius 1 is 1.25 bits per heavy atom. The number of hydrogen-bond donors (Lipinski definition) is 3. The van der Waals surface area contributed by atoms with Crippen LogP contribution in [0.15, 0.2) is 29.4 Å². The number of ether oxygens (including phenoxy) is 1. The topological polar surface area (TPSA) is 141 Å². The number of amides is 4. The van der Waals surface area contributed by atoms with Crippen molar-refractivity contribution in [1.82, 2.24) is 15.1 Å². The number of anilines is 1. The van der Waals surface area contributed by atoms with Gasteiger partial charge in [0, 0.05) is 37.9 Å². The van der Waals surface area contributed by atoms with Gasteiger partial charge in [-0.15, -0.1) is 0 Å². The average molecular weight is 447 g/mol. The minimum atomic E-state index is -0.358. The zero-order chi connectivity index (χ0) is 23.3. The summed E-state index contributed by atoms with van der Waals surface area (Å²) in [5, 5.41) is 14.5. The molecule has 0 atom stereocenters. The van der Waals surface area contributed by atoms with E-state index >= 15 is 0 Å². The van der Waals surface area contributed by atoms with Crippen LogP contribution >= 0.6 is 0 Å². The Labute approximate surface area is 186 Å². The molecule has 1 aromatic rings. The highest BCUT2D eigenvalue weighted by atomic mass is 16.5. The Morgan fingerprint density at radius 2 is 1.91 bits per heavy atom. The second-order valence-electron chi connectivity index (χ2n) is 7.96. The largest absolute Gasteiger partial charge is 0.466 e. The SMILES string of the molecule is CCOC(=O)CCNC(=O)N1CCC2(CC1)CN(c1ccc(C(N)=NO)cc1)C(=O)N2C. The van der Waals surface area contributed by atoms with Gasteiger partial charge >= 0.3 is 18.0 Å². The summed E-state index contributed by atoms with van der Waals surface area (Å²) in [5.74, 6) is -0.332. The fraction of sp³-hybridized carbons (Fsp3) is 0.524. The number of amidine groups is 1. The van der Waals surface area contributed by atoms with Crippen molar-refractivity contribution in [2.75, 3.05) is 44.7 Å². The second kappa shape index (κ2) is 9.75. The molecular weight excluding hydrogens is 416 g/mol. The molecule has 11 nitrogen and oxygen atoms in total. The first-order valence-corrected chi connectivity index (χ1v) is 10.6. The lowest BCUT2D eigenvalue weighted by molar-refractivity contribution is -0.142. The maximum absolute atomic E-state index is 13.0. The molecular formula is C21H30N6O5. The van der Waals surface area contributed by atoms with E-state index in [9.17, 15) is 14.4 Å². The van der Waals surface area contributed by atoms with Crippen LogP contribution in [0.4, 0.5) is 15.3 Å². The number of oxime groups is 1. The van der Waals surface area contributed by atoms with Crippen molar-refractivity contribution in [1.29, 1.82) is 0 Å². The van der Waals surface area contributed by atoms with E-state index in [4.69, 9.17) is 15.7 Å². The number of rotatable bonds is 6. The zero-order valence-corrected chi connectivity index (χ0v) is 18.4. The Morgan fingerprint density at radius 3 is 2.50 bits per heavy atom. The lowest BCUT2D eigenvalue weighted by Gasteiger charge is -2.42. The Kier molecular flexibility index (Phi) is 7.06. The van der Waals surface area contributed by atoms with Crippen LogP contribution in [0.2, 0.25) is 0 Å². The first-order valence-electron chi connectivity index (χ1n) is 10.6. The summed E-state index contributed by atoms with van der Waals surface area (Å²) in [4.78, 5) is 42.0. The van der Waals surface area contributed by atoms with Crippen molar-refractivity contribution < 1.29 is 24.3 Å². The molecule has 0 aliphatic carbocycles. The molecule has 2 heterocycles. The second-order valence-corrected chi connectivity index (χ2v) is 7.96. The monoisotopic (exact) mass is 446 g/mol. The number of esters is 1. The van der Waals surface area contributed by atoms with Gasteiger partial charge in [0.05, 0.1) is 25.1 Å². The number of likely N-dealkylation sites (N-methyl/N-ethyl adjacent to an activating group) is 1. The van der Waals surface area contributed by atoms with E-state index in [2.05, 4.69) is 10.5 Å². The van der Waals surface area contributed by atoms with Gasteiger partial charge in [0.1, 0.15) is 0 Å². The Bertz CT molecular complexity index is 879. The van der Waals surface area contributed by atoms with E-state index in [1.807, 2.05) is 0 Å². The van der Waals surface area contributed by atoms with Gasteiger partial charge in [-0.25, -0.2) is 9.59 Å². The quantitative estimate of drug-likeness (QED) is 0.197. The van der Waals surface area contributed by atoms with Crippen molar-refractivity contribution in [3.05, 3.63) is 29.8 Å². The van der Waals surface area contributed by atoms with Gasteiger partial charge in [-0.05, 0) is 44.0 Å². The lowest BCUT2D eigenvalue weighted by atomic mass is 9.87. The number of likely N-dealkylation sites (tertiary alicyclic amines) is 1. The third-order valence-electron chi connectivity index (χ3n) is 6.16. The minimum absolute atomic E-state index is 0.00536. The van der Waals surface area contributed by atoms with E-state index in [1.54, 1.807) is 52.9 Å². The summed E-state index contributed by atoms with van der Waals surface area (Å²) in [6, 6.07) is 6.62. The van der Waals surface area contributed by atoms with Gasteiger partial charge in [0.15, 0.2) is 5.84 Å². The van der Waals surface area contributed by atoms with Crippen LogP contribution in [0.1, 0.15) is 31.7 Å². The number of nitrogens with zero attached hydrogens (tertiary/aromatic N) is 4. The molecule has 0 unspecified atom stereocenters. The number of nitrogens with two attached hydrogens (primary N) is 1. The molecule has 2 aliphatic heterocycles. The van der Waals surface area contributed by atoms with Crippen LogP contribution < -0.4 is 16.0 Å². The van der Waals surface area contributed by atoms with Gasteiger partial charge in [-0.1, -0.05) is 5.16 Å². The van der Waals surface area contributed by atoms with Crippen LogP contribution in [0, 0.1) is 0 Å². The summed E-state index contributed by atoms with van der Waals surface area (Å²) in [5.41, 5.74) is 6.54. The molecule has 32 heavy (non-hydrogen) atoms. The molecule has 0 aromatic heterocycles. The first kappa shape index (κ1) is 23.2. The van der Waals surface area contributed by atoms with Crippen molar-refractivity contribution in [3.8, 4) is 0 Å². The molecule has 2 aliphatic rings. The highest BCUT2D eigenvalue weighted by molar-refractivity contribution is 5.99. The molecule has 3 rings (SSSR count). The number of benzene rings is 1. The molecule has 4 amide bonds. The summed E-state index contributed by atoms with van der Waals surface area (Å²) in [6.07, 6.45) is 1.44. The van der Waals surface area contributed by atoms with Crippen molar-refractivity contribution in [2.24, 2.45) is 10.9 Å². The van der Waals surface area contributed by atoms with Crippen LogP contribution in [-0.4, -0.2) is 84.2 Å². The Hall–Kier alpha value is -3.50. The lowest BCUT2D eigenvalue weighted by Crippen LogP contribution is -2.55.